The molecule has 3 N–H and O–H groups in total. The van der Waals surface area contributed by atoms with Crippen molar-refractivity contribution in [1.82, 2.24) is 9.97 Å². The van der Waals surface area contributed by atoms with E-state index in [9.17, 15) is 4.79 Å². The van der Waals surface area contributed by atoms with Gasteiger partial charge in [-0.15, -0.1) is 0 Å². The van der Waals surface area contributed by atoms with Crippen LogP contribution in [0.2, 0.25) is 5.02 Å². The summed E-state index contributed by atoms with van der Waals surface area (Å²) in [6, 6.07) is 14.6. The van der Waals surface area contributed by atoms with Crippen LogP contribution in [0.1, 0.15) is 16.1 Å². The number of hydrogen-bond donors (Lipinski definition) is 2. The van der Waals surface area contributed by atoms with E-state index >= 15 is 0 Å². The highest BCUT2D eigenvalue weighted by atomic mass is 35.5. The quantitative estimate of drug-likeness (QED) is 0.724. The number of aromatic nitrogens is 2. The van der Waals surface area contributed by atoms with Crippen LogP contribution in [-0.2, 0) is 6.61 Å². The summed E-state index contributed by atoms with van der Waals surface area (Å²) < 4.78 is 5.77. The molecule has 0 saturated carbocycles. The lowest BCUT2D eigenvalue weighted by molar-refractivity contribution is 0.0690. The summed E-state index contributed by atoms with van der Waals surface area (Å²) in [5, 5.41) is 9.50. The summed E-state index contributed by atoms with van der Waals surface area (Å²) in [7, 11) is 0. The SMILES string of the molecule is Nc1ncc(C(=O)O)nc1-c1ccc(Cl)c(OCc2ccccc2)c1. The van der Waals surface area contributed by atoms with Gasteiger partial charge in [-0.1, -0.05) is 48.0 Å². The van der Waals surface area contributed by atoms with Gasteiger partial charge in [0.1, 0.15) is 23.9 Å². The lowest BCUT2D eigenvalue weighted by atomic mass is 10.1. The molecule has 7 heteroatoms. The molecule has 0 atom stereocenters. The highest BCUT2D eigenvalue weighted by molar-refractivity contribution is 6.32. The molecule has 3 rings (SSSR count). The summed E-state index contributed by atoms with van der Waals surface area (Å²) in [6.07, 6.45) is 1.11. The summed E-state index contributed by atoms with van der Waals surface area (Å²) in [5.41, 5.74) is 7.48. The van der Waals surface area contributed by atoms with Crippen molar-refractivity contribution in [2.24, 2.45) is 0 Å². The van der Waals surface area contributed by atoms with Crippen molar-refractivity contribution in [3.05, 3.63) is 71.0 Å². The molecule has 0 spiro atoms. The summed E-state index contributed by atoms with van der Waals surface area (Å²) in [5.74, 6) is -0.602. The first-order chi connectivity index (χ1) is 12.0. The molecule has 0 aliphatic heterocycles. The van der Waals surface area contributed by atoms with Crippen molar-refractivity contribution in [2.45, 2.75) is 6.61 Å². The zero-order valence-electron chi connectivity index (χ0n) is 13.0. The Labute approximate surface area is 148 Å². The molecular weight excluding hydrogens is 342 g/mol. The van der Waals surface area contributed by atoms with Gasteiger partial charge < -0.3 is 15.6 Å². The molecule has 2 aromatic carbocycles. The smallest absolute Gasteiger partial charge is 0.356 e. The zero-order chi connectivity index (χ0) is 17.8. The van der Waals surface area contributed by atoms with Gasteiger partial charge in [0.15, 0.2) is 5.69 Å². The molecule has 1 heterocycles. The molecular formula is C18H14ClN3O3. The molecule has 0 radical (unpaired) electrons. The standard InChI is InChI=1S/C18H14ClN3O3/c19-13-7-6-12(16-17(20)21-9-14(22-16)18(23)24)8-15(13)25-10-11-4-2-1-3-5-11/h1-9H,10H2,(H2,20,21)(H,23,24). The van der Waals surface area contributed by atoms with Crippen LogP contribution in [0.5, 0.6) is 5.75 Å². The maximum Gasteiger partial charge on any atom is 0.356 e. The van der Waals surface area contributed by atoms with Gasteiger partial charge in [0, 0.05) is 5.56 Å². The predicted molar refractivity (Wildman–Crippen MR) is 94.6 cm³/mol. The molecule has 0 bridgehead atoms. The lowest BCUT2D eigenvalue weighted by Gasteiger charge is -2.11. The van der Waals surface area contributed by atoms with Crippen LogP contribution in [0.3, 0.4) is 0 Å². The normalized spacial score (nSPS) is 10.4. The molecule has 0 fully saturated rings. The Bertz CT molecular complexity index is 917. The molecule has 0 amide bonds. The van der Waals surface area contributed by atoms with Crippen LogP contribution in [-0.4, -0.2) is 21.0 Å². The summed E-state index contributed by atoms with van der Waals surface area (Å²) in [6.45, 7) is 0.348. The molecule has 25 heavy (non-hydrogen) atoms. The van der Waals surface area contributed by atoms with Crippen LogP contribution in [0, 0.1) is 0 Å². The van der Waals surface area contributed by atoms with Crippen LogP contribution in [0.4, 0.5) is 5.82 Å². The van der Waals surface area contributed by atoms with E-state index in [0.717, 1.165) is 11.8 Å². The van der Waals surface area contributed by atoms with Gasteiger partial charge in [-0.2, -0.15) is 0 Å². The van der Waals surface area contributed by atoms with E-state index in [1.54, 1.807) is 18.2 Å². The zero-order valence-corrected chi connectivity index (χ0v) is 13.8. The maximum atomic E-state index is 11.1. The second-order valence-corrected chi connectivity index (χ2v) is 5.62. The molecule has 1 aromatic heterocycles. The van der Waals surface area contributed by atoms with Gasteiger partial charge in [-0.25, -0.2) is 14.8 Å². The number of benzene rings is 2. The van der Waals surface area contributed by atoms with Gasteiger partial charge in [0.05, 0.1) is 11.2 Å². The van der Waals surface area contributed by atoms with Crippen molar-refractivity contribution in [3.8, 4) is 17.0 Å². The Kier molecular flexibility index (Phi) is 4.81. The van der Waals surface area contributed by atoms with Crippen molar-refractivity contribution in [2.75, 3.05) is 5.73 Å². The van der Waals surface area contributed by atoms with Crippen LogP contribution < -0.4 is 10.5 Å². The highest BCUT2D eigenvalue weighted by Crippen LogP contribution is 2.32. The Morgan fingerprint density at radius 2 is 1.96 bits per heavy atom. The minimum Gasteiger partial charge on any atom is -0.487 e. The van der Waals surface area contributed by atoms with Gasteiger partial charge >= 0.3 is 5.97 Å². The predicted octanol–water partition coefficient (Wildman–Crippen LogP) is 3.66. The third-order valence-corrected chi connectivity index (χ3v) is 3.77. The Balaban J connectivity index is 1.91. The van der Waals surface area contributed by atoms with Crippen LogP contribution in [0.15, 0.2) is 54.7 Å². The number of anilines is 1. The number of carboxylic acids is 1. The van der Waals surface area contributed by atoms with Crippen LogP contribution in [0.25, 0.3) is 11.3 Å². The van der Waals surface area contributed by atoms with E-state index < -0.39 is 5.97 Å². The second kappa shape index (κ2) is 7.19. The Morgan fingerprint density at radius 3 is 2.68 bits per heavy atom. The van der Waals surface area contributed by atoms with Gasteiger partial charge in [-0.05, 0) is 17.7 Å². The number of ether oxygens (including phenoxy) is 1. The van der Waals surface area contributed by atoms with Gasteiger partial charge in [-0.3, -0.25) is 0 Å². The van der Waals surface area contributed by atoms with E-state index in [0.29, 0.717) is 22.9 Å². The number of nitrogens with zero attached hydrogens (tertiary/aromatic N) is 2. The van der Waals surface area contributed by atoms with E-state index in [1.165, 1.54) is 0 Å². The summed E-state index contributed by atoms with van der Waals surface area (Å²) >= 11 is 6.19. The monoisotopic (exact) mass is 355 g/mol. The first kappa shape index (κ1) is 16.7. The largest absolute Gasteiger partial charge is 0.487 e. The number of carbonyl (C=O) groups is 1. The molecule has 0 unspecified atom stereocenters. The van der Waals surface area contributed by atoms with Crippen molar-refractivity contribution in [1.29, 1.82) is 0 Å². The second-order valence-electron chi connectivity index (χ2n) is 5.21. The Hall–Kier alpha value is -3.12. The number of rotatable bonds is 5. The minimum atomic E-state index is -1.18. The highest BCUT2D eigenvalue weighted by Gasteiger charge is 2.14. The molecule has 0 aliphatic rings. The fourth-order valence-electron chi connectivity index (χ4n) is 2.21. The first-order valence-corrected chi connectivity index (χ1v) is 7.75. The van der Waals surface area contributed by atoms with Crippen molar-refractivity contribution < 1.29 is 14.6 Å². The number of hydrogen-bond acceptors (Lipinski definition) is 5. The molecule has 126 valence electrons. The number of carboxylic acid groups (broad SMARTS) is 1. The van der Waals surface area contributed by atoms with E-state index in [1.807, 2.05) is 30.3 Å². The molecule has 3 aromatic rings. The average molecular weight is 356 g/mol. The fraction of sp³-hybridized carbons (Fsp3) is 0.0556. The minimum absolute atomic E-state index is 0.126. The Morgan fingerprint density at radius 1 is 1.20 bits per heavy atom. The average Bonchev–Trinajstić information content (AvgIpc) is 2.62. The number of aromatic carboxylic acids is 1. The van der Waals surface area contributed by atoms with E-state index in [2.05, 4.69) is 9.97 Å². The van der Waals surface area contributed by atoms with Crippen molar-refractivity contribution in [3.63, 3.8) is 0 Å². The lowest BCUT2D eigenvalue weighted by Crippen LogP contribution is -2.06. The maximum absolute atomic E-state index is 11.1. The number of nitrogen functional groups attached to an aromatic ring is 1. The van der Waals surface area contributed by atoms with Gasteiger partial charge in [0.25, 0.3) is 0 Å². The van der Waals surface area contributed by atoms with E-state index in [4.69, 9.17) is 27.2 Å². The van der Waals surface area contributed by atoms with Gasteiger partial charge in [0.2, 0.25) is 0 Å². The number of halogens is 1. The van der Waals surface area contributed by atoms with Crippen molar-refractivity contribution >= 4 is 23.4 Å². The van der Waals surface area contributed by atoms with E-state index in [-0.39, 0.29) is 17.2 Å². The first-order valence-electron chi connectivity index (χ1n) is 7.37. The third kappa shape index (κ3) is 3.87. The molecule has 6 nitrogen and oxygen atoms in total. The van der Waals surface area contributed by atoms with Crippen LogP contribution >= 0.6 is 11.6 Å². The molecule has 0 saturated heterocycles. The molecule has 0 aliphatic carbocycles. The fourth-order valence-corrected chi connectivity index (χ4v) is 2.38. The summed E-state index contributed by atoms with van der Waals surface area (Å²) in [4.78, 5) is 19.0. The topological polar surface area (TPSA) is 98.3 Å². The number of nitrogens with two attached hydrogens (primary N) is 1. The third-order valence-electron chi connectivity index (χ3n) is 3.46.